The first-order valence-corrected chi connectivity index (χ1v) is 10.9. The van der Waals surface area contributed by atoms with Gasteiger partial charge in [0, 0.05) is 42.3 Å². The summed E-state index contributed by atoms with van der Waals surface area (Å²) in [6.07, 6.45) is 12.4. The van der Waals surface area contributed by atoms with Crippen LogP contribution in [0.25, 0.3) is 21.9 Å². The van der Waals surface area contributed by atoms with Crippen LogP contribution in [0.2, 0.25) is 0 Å². The fourth-order valence-electron chi connectivity index (χ4n) is 5.16. The average molecular weight is 392 g/mol. The van der Waals surface area contributed by atoms with E-state index in [1.807, 2.05) is 29.6 Å². The minimum atomic E-state index is 0.131. The SMILES string of the molecule is CC1CCCN(C(=O)NC2CCC(c3cnc4ncc5[nH]cccc5c34)CC2)C1. The molecule has 1 unspecified atom stereocenters. The van der Waals surface area contributed by atoms with E-state index in [1.54, 1.807) is 0 Å². The first-order valence-electron chi connectivity index (χ1n) is 10.9. The molecule has 152 valence electrons. The zero-order valence-corrected chi connectivity index (χ0v) is 17.0. The Balaban J connectivity index is 1.27. The van der Waals surface area contributed by atoms with Crippen molar-refractivity contribution in [2.75, 3.05) is 13.1 Å². The topological polar surface area (TPSA) is 73.9 Å². The Morgan fingerprint density at radius 1 is 1.17 bits per heavy atom. The van der Waals surface area contributed by atoms with E-state index < -0.39 is 0 Å². The molecule has 1 saturated heterocycles. The molecule has 2 fully saturated rings. The quantitative estimate of drug-likeness (QED) is 0.671. The molecule has 1 aliphatic carbocycles. The molecule has 29 heavy (non-hydrogen) atoms. The maximum atomic E-state index is 12.6. The van der Waals surface area contributed by atoms with Crippen LogP contribution in [0.5, 0.6) is 0 Å². The molecule has 0 aromatic carbocycles. The molecule has 2 aliphatic rings. The maximum absolute atomic E-state index is 12.6. The number of pyridine rings is 2. The second kappa shape index (κ2) is 7.65. The maximum Gasteiger partial charge on any atom is 0.317 e. The van der Waals surface area contributed by atoms with Gasteiger partial charge < -0.3 is 15.2 Å². The molecule has 3 aromatic heterocycles. The average Bonchev–Trinajstić information content (AvgIpc) is 3.19. The molecule has 4 heterocycles. The number of nitrogens with zero attached hydrogens (tertiary/aromatic N) is 3. The summed E-state index contributed by atoms with van der Waals surface area (Å²) in [7, 11) is 0. The van der Waals surface area contributed by atoms with Gasteiger partial charge in [0.15, 0.2) is 5.65 Å². The van der Waals surface area contributed by atoms with Gasteiger partial charge in [0.2, 0.25) is 0 Å². The Morgan fingerprint density at radius 2 is 2.00 bits per heavy atom. The van der Waals surface area contributed by atoms with Crippen molar-refractivity contribution in [3.05, 3.63) is 36.3 Å². The summed E-state index contributed by atoms with van der Waals surface area (Å²) < 4.78 is 0. The fourth-order valence-corrected chi connectivity index (χ4v) is 5.16. The van der Waals surface area contributed by atoms with Gasteiger partial charge in [-0.1, -0.05) is 13.0 Å². The number of likely N-dealkylation sites (tertiary alicyclic amines) is 1. The lowest BCUT2D eigenvalue weighted by atomic mass is 9.81. The Hall–Kier alpha value is -2.63. The van der Waals surface area contributed by atoms with Crippen LogP contribution >= 0.6 is 0 Å². The summed E-state index contributed by atoms with van der Waals surface area (Å²) in [6.45, 7) is 4.02. The molecule has 5 rings (SSSR count). The summed E-state index contributed by atoms with van der Waals surface area (Å²) in [5, 5.41) is 5.68. The van der Waals surface area contributed by atoms with Crippen LogP contribution in [-0.2, 0) is 0 Å². The second-order valence-electron chi connectivity index (χ2n) is 8.86. The number of piperidine rings is 1. The van der Waals surface area contributed by atoms with Crippen molar-refractivity contribution >= 4 is 28.0 Å². The number of H-pyrrole nitrogens is 1. The predicted molar refractivity (Wildman–Crippen MR) is 115 cm³/mol. The minimum absolute atomic E-state index is 0.131. The van der Waals surface area contributed by atoms with Gasteiger partial charge in [0.25, 0.3) is 0 Å². The predicted octanol–water partition coefficient (Wildman–Crippen LogP) is 4.58. The van der Waals surface area contributed by atoms with E-state index in [-0.39, 0.29) is 12.1 Å². The highest BCUT2D eigenvalue weighted by Crippen LogP contribution is 2.38. The number of amides is 2. The number of nitrogens with one attached hydrogen (secondary N) is 2. The molecular weight excluding hydrogens is 362 g/mol. The van der Waals surface area contributed by atoms with Crippen molar-refractivity contribution < 1.29 is 4.79 Å². The minimum Gasteiger partial charge on any atom is -0.360 e. The summed E-state index contributed by atoms with van der Waals surface area (Å²) in [6, 6.07) is 4.60. The molecule has 0 bridgehead atoms. The van der Waals surface area contributed by atoms with Crippen LogP contribution in [0.1, 0.15) is 56.9 Å². The Bertz CT molecular complexity index is 1020. The van der Waals surface area contributed by atoms with E-state index in [1.165, 1.54) is 22.8 Å². The van der Waals surface area contributed by atoms with Crippen LogP contribution in [0.4, 0.5) is 4.79 Å². The standard InChI is InChI=1S/C23H29N5O/c1-15-4-3-11-28(14-15)23(29)27-17-8-6-16(7-9-17)19-12-25-22-21(19)18-5-2-10-24-20(18)13-26-22/h2,5,10,12-13,15-17,24H,3-4,6-9,11,14H2,1H3,(H,27,29). The van der Waals surface area contributed by atoms with Crippen LogP contribution in [0.15, 0.2) is 30.7 Å². The van der Waals surface area contributed by atoms with E-state index in [2.05, 4.69) is 33.3 Å². The highest BCUT2D eigenvalue weighted by atomic mass is 16.2. The summed E-state index contributed by atoms with van der Waals surface area (Å²) >= 11 is 0. The number of urea groups is 1. The molecule has 2 amide bonds. The highest BCUT2D eigenvalue weighted by molar-refractivity contribution is 6.05. The molecule has 6 nitrogen and oxygen atoms in total. The Labute approximate surface area is 171 Å². The zero-order chi connectivity index (χ0) is 19.8. The van der Waals surface area contributed by atoms with Crippen molar-refractivity contribution in [2.24, 2.45) is 5.92 Å². The first-order chi connectivity index (χ1) is 14.2. The molecule has 1 saturated carbocycles. The smallest absolute Gasteiger partial charge is 0.317 e. The van der Waals surface area contributed by atoms with Crippen molar-refractivity contribution in [2.45, 2.75) is 57.4 Å². The number of rotatable bonds is 2. The fraction of sp³-hybridized carbons (Fsp3) is 0.522. The number of aromatic nitrogens is 3. The summed E-state index contributed by atoms with van der Waals surface area (Å²) in [5.74, 6) is 1.10. The van der Waals surface area contributed by atoms with Gasteiger partial charge >= 0.3 is 6.03 Å². The molecule has 2 N–H and O–H groups in total. The number of hydrogen-bond donors (Lipinski definition) is 2. The van der Waals surface area contributed by atoms with E-state index in [0.29, 0.717) is 11.8 Å². The monoisotopic (exact) mass is 391 g/mol. The van der Waals surface area contributed by atoms with E-state index in [9.17, 15) is 4.79 Å². The van der Waals surface area contributed by atoms with Crippen LogP contribution < -0.4 is 5.32 Å². The Kier molecular flexibility index (Phi) is 4.86. The molecule has 3 aromatic rings. The van der Waals surface area contributed by atoms with Gasteiger partial charge in [-0.2, -0.15) is 0 Å². The number of hydrogen-bond acceptors (Lipinski definition) is 3. The lowest BCUT2D eigenvalue weighted by molar-refractivity contribution is 0.163. The highest BCUT2D eigenvalue weighted by Gasteiger charge is 2.28. The van der Waals surface area contributed by atoms with Gasteiger partial charge in [-0.05, 0) is 62.0 Å². The van der Waals surface area contributed by atoms with Crippen LogP contribution in [-0.4, -0.2) is 45.0 Å². The number of aromatic amines is 1. The molecular formula is C23H29N5O. The van der Waals surface area contributed by atoms with Gasteiger partial charge in [-0.25, -0.2) is 14.8 Å². The van der Waals surface area contributed by atoms with Gasteiger partial charge in [-0.3, -0.25) is 0 Å². The Morgan fingerprint density at radius 3 is 2.83 bits per heavy atom. The van der Waals surface area contributed by atoms with Crippen molar-refractivity contribution in [3.63, 3.8) is 0 Å². The van der Waals surface area contributed by atoms with Gasteiger partial charge in [0.05, 0.1) is 11.7 Å². The molecule has 0 spiro atoms. The van der Waals surface area contributed by atoms with Gasteiger partial charge in [-0.15, -0.1) is 0 Å². The largest absolute Gasteiger partial charge is 0.360 e. The number of fused-ring (bicyclic) bond motifs is 3. The second-order valence-corrected chi connectivity index (χ2v) is 8.86. The third kappa shape index (κ3) is 3.56. The molecule has 1 atom stereocenters. The van der Waals surface area contributed by atoms with Crippen molar-refractivity contribution in [1.82, 2.24) is 25.2 Å². The van der Waals surface area contributed by atoms with E-state index >= 15 is 0 Å². The van der Waals surface area contributed by atoms with Crippen LogP contribution in [0.3, 0.4) is 0 Å². The third-order valence-corrected chi connectivity index (χ3v) is 6.75. The normalized spacial score (nSPS) is 25.4. The lowest BCUT2D eigenvalue weighted by Crippen LogP contribution is -2.49. The van der Waals surface area contributed by atoms with Crippen molar-refractivity contribution in [1.29, 1.82) is 0 Å². The summed E-state index contributed by atoms with van der Waals surface area (Å²) in [5.41, 5.74) is 3.19. The van der Waals surface area contributed by atoms with E-state index in [0.717, 1.165) is 56.4 Å². The van der Waals surface area contributed by atoms with Crippen LogP contribution in [0, 0.1) is 5.92 Å². The zero-order valence-electron chi connectivity index (χ0n) is 17.0. The number of carbonyl (C=O) groups excluding carboxylic acids is 1. The molecule has 0 radical (unpaired) electrons. The molecule has 1 aliphatic heterocycles. The number of carbonyl (C=O) groups is 1. The lowest BCUT2D eigenvalue weighted by Gasteiger charge is -2.34. The first kappa shape index (κ1) is 18.4. The molecule has 6 heteroatoms. The van der Waals surface area contributed by atoms with E-state index in [4.69, 9.17) is 0 Å². The van der Waals surface area contributed by atoms with Crippen molar-refractivity contribution in [3.8, 4) is 0 Å². The van der Waals surface area contributed by atoms with Gasteiger partial charge in [0.1, 0.15) is 0 Å². The third-order valence-electron chi connectivity index (χ3n) is 6.75. The summed E-state index contributed by atoms with van der Waals surface area (Å²) in [4.78, 5) is 27.0.